The molecule has 0 saturated carbocycles. The van der Waals surface area contributed by atoms with Gasteiger partial charge in [0.15, 0.2) is 0 Å². The Hall–Kier alpha value is -0.403. The van der Waals surface area contributed by atoms with Gasteiger partial charge in [0.25, 0.3) is 0 Å². The summed E-state index contributed by atoms with van der Waals surface area (Å²) in [6.45, 7) is 5.11. The zero-order valence-electron chi connectivity index (χ0n) is 13.4. The van der Waals surface area contributed by atoms with Crippen LogP contribution >= 0.6 is 0 Å². The van der Waals surface area contributed by atoms with Crippen LogP contribution in [0.15, 0.2) is 18.7 Å². The summed E-state index contributed by atoms with van der Waals surface area (Å²) in [6, 6.07) is 0. The SMILES string of the molecule is CCCC[n+]1ccn(C([SiH3])(OC)C(C)(OC)OC)c1.[Cl-]. The van der Waals surface area contributed by atoms with Crippen molar-refractivity contribution in [3.63, 3.8) is 0 Å². The third kappa shape index (κ3) is 3.62. The first-order chi connectivity index (χ1) is 8.97. The number of hydrogen-bond acceptors (Lipinski definition) is 3. The fourth-order valence-electron chi connectivity index (χ4n) is 2.11. The van der Waals surface area contributed by atoms with Gasteiger partial charge in [-0.15, -0.1) is 0 Å². The third-order valence-corrected chi connectivity index (χ3v) is 5.81. The Morgan fingerprint density at radius 3 is 2.25 bits per heavy atom. The monoisotopic (exact) mass is 322 g/mol. The highest BCUT2D eigenvalue weighted by Crippen LogP contribution is 2.31. The Labute approximate surface area is 131 Å². The topological polar surface area (TPSA) is 36.5 Å². The first kappa shape index (κ1) is 19.6. The molecule has 0 amide bonds. The van der Waals surface area contributed by atoms with Crippen LogP contribution in [0, 0.1) is 0 Å². The molecular weight excluding hydrogens is 296 g/mol. The van der Waals surface area contributed by atoms with E-state index in [1.807, 2.05) is 17.7 Å². The molecule has 0 spiro atoms. The van der Waals surface area contributed by atoms with E-state index in [9.17, 15) is 0 Å². The maximum Gasteiger partial charge on any atom is 0.245 e. The van der Waals surface area contributed by atoms with Crippen LogP contribution in [0.1, 0.15) is 26.7 Å². The van der Waals surface area contributed by atoms with E-state index in [0.29, 0.717) is 0 Å². The Morgan fingerprint density at radius 1 is 1.20 bits per heavy atom. The molecule has 0 saturated heterocycles. The molecule has 0 radical (unpaired) electrons. The van der Waals surface area contributed by atoms with Crippen LogP contribution in [0.3, 0.4) is 0 Å². The Bertz CT molecular complexity index is 399. The predicted molar refractivity (Wildman–Crippen MR) is 76.9 cm³/mol. The second kappa shape index (κ2) is 8.14. The molecule has 5 nitrogen and oxygen atoms in total. The van der Waals surface area contributed by atoms with Gasteiger partial charge in [0, 0.05) is 21.3 Å². The average Bonchev–Trinajstić information content (AvgIpc) is 2.92. The molecule has 118 valence electrons. The number of unbranched alkanes of at least 4 members (excludes halogenated alkanes) is 1. The van der Waals surface area contributed by atoms with Gasteiger partial charge >= 0.3 is 0 Å². The van der Waals surface area contributed by atoms with Crippen LogP contribution in [0.4, 0.5) is 0 Å². The van der Waals surface area contributed by atoms with E-state index in [-0.39, 0.29) is 12.4 Å². The molecule has 0 aromatic carbocycles. The fourth-order valence-corrected chi connectivity index (χ4v) is 2.78. The summed E-state index contributed by atoms with van der Waals surface area (Å²) in [6.07, 6.45) is 8.49. The van der Waals surface area contributed by atoms with Crippen molar-refractivity contribution in [3.05, 3.63) is 18.7 Å². The summed E-state index contributed by atoms with van der Waals surface area (Å²) in [5, 5.41) is -0.603. The van der Waals surface area contributed by atoms with Gasteiger partial charge in [0.05, 0.1) is 6.54 Å². The highest BCUT2D eigenvalue weighted by Gasteiger charge is 2.51. The highest BCUT2D eigenvalue weighted by molar-refractivity contribution is 6.13. The standard InChI is InChI=1S/C13H27N2O3Si.ClH/c1-6-7-8-14-9-10-15(11-14)13(19,18-5)12(2,16-3)17-4;/h9-11H,6-8H2,1-5,19H3;1H/q+1;/p-1. The molecular formula is C13H27ClN2O3Si. The Balaban J connectivity index is 0.00000361. The summed E-state index contributed by atoms with van der Waals surface area (Å²) in [5.41, 5.74) is 0. The molecule has 0 aliphatic rings. The van der Waals surface area contributed by atoms with Gasteiger partial charge in [-0.1, -0.05) is 13.3 Å². The summed E-state index contributed by atoms with van der Waals surface area (Å²) in [4.78, 5) is 0. The largest absolute Gasteiger partial charge is 1.00 e. The van der Waals surface area contributed by atoms with Gasteiger partial charge in [0.1, 0.15) is 22.6 Å². The van der Waals surface area contributed by atoms with E-state index in [4.69, 9.17) is 14.2 Å². The fraction of sp³-hybridized carbons (Fsp3) is 0.769. The van der Waals surface area contributed by atoms with Crippen molar-refractivity contribution >= 4 is 10.2 Å². The minimum Gasteiger partial charge on any atom is -1.00 e. The zero-order chi connectivity index (χ0) is 14.5. The molecule has 20 heavy (non-hydrogen) atoms. The van der Waals surface area contributed by atoms with Gasteiger partial charge in [-0.25, -0.2) is 9.13 Å². The van der Waals surface area contributed by atoms with Gasteiger partial charge in [-0.3, -0.25) is 0 Å². The number of aryl methyl sites for hydroxylation is 1. The van der Waals surface area contributed by atoms with E-state index in [1.165, 1.54) is 12.8 Å². The number of aromatic nitrogens is 2. The number of ether oxygens (including phenoxy) is 3. The van der Waals surface area contributed by atoms with Crippen molar-refractivity contribution in [2.24, 2.45) is 0 Å². The number of halogens is 1. The lowest BCUT2D eigenvalue weighted by Crippen LogP contribution is -3.00. The second-order valence-electron chi connectivity index (χ2n) is 4.95. The van der Waals surface area contributed by atoms with Crippen molar-refractivity contribution in [1.29, 1.82) is 0 Å². The lowest BCUT2D eigenvalue weighted by Gasteiger charge is -2.40. The van der Waals surface area contributed by atoms with Crippen molar-refractivity contribution in [2.45, 2.75) is 44.4 Å². The number of imidazole rings is 1. The molecule has 1 aromatic heterocycles. The third-order valence-electron chi connectivity index (χ3n) is 3.97. The van der Waals surface area contributed by atoms with Crippen LogP contribution in [0.25, 0.3) is 0 Å². The molecule has 1 unspecified atom stereocenters. The lowest BCUT2D eigenvalue weighted by molar-refractivity contribution is -0.697. The maximum absolute atomic E-state index is 5.75. The van der Waals surface area contributed by atoms with Crippen LogP contribution in [-0.2, 0) is 26.1 Å². The normalized spacial score (nSPS) is 14.8. The average molecular weight is 323 g/mol. The number of rotatable bonds is 8. The molecule has 1 rings (SSSR count). The number of nitrogens with zero attached hydrogens (tertiary/aromatic N) is 2. The highest BCUT2D eigenvalue weighted by atomic mass is 35.5. The minimum absolute atomic E-state index is 0. The van der Waals surface area contributed by atoms with Gasteiger partial charge in [-0.2, -0.15) is 0 Å². The van der Waals surface area contributed by atoms with Crippen molar-refractivity contribution in [1.82, 2.24) is 4.57 Å². The number of methoxy groups -OCH3 is 3. The quantitative estimate of drug-likeness (QED) is 0.295. The molecule has 0 fully saturated rings. The zero-order valence-corrected chi connectivity index (χ0v) is 16.1. The molecule has 0 N–H and O–H groups in total. The lowest BCUT2D eigenvalue weighted by atomic mass is 10.2. The summed E-state index contributed by atoms with van der Waals surface area (Å²) < 4.78 is 21.1. The van der Waals surface area contributed by atoms with E-state index < -0.39 is 11.1 Å². The molecule has 0 aliphatic carbocycles. The first-order valence-electron chi connectivity index (χ1n) is 6.70. The van der Waals surface area contributed by atoms with Crippen LogP contribution in [0.5, 0.6) is 0 Å². The maximum atomic E-state index is 5.75. The Morgan fingerprint density at radius 2 is 1.80 bits per heavy atom. The minimum atomic E-state index is -0.810. The van der Waals surface area contributed by atoms with Crippen molar-refractivity contribution < 1.29 is 31.2 Å². The predicted octanol–water partition coefficient (Wildman–Crippen LogP) is -2.79. The van der Waals surface area contributed by atoms with Crippen LogP contribution in [0.2, 0.25) is 0 Å². The van der Waals surface area contributed by atoms with Gasteiger partial charge < -0.3 is 26.6 Å². The van der Waals surface area contributed by atoms with Crippen LogP contribution in [-0.4, -0.2) is 41.9 Å². The molecule has 1 heterocycles. The molecule has 0 bridgehead atoms. The summed E-state index contributed by atoms with van der Waals surface area (Å²) in [5.74, 6) is -0.810. The first-order valence-corrected chi connectivity index (χ1v) is 7.70. The second-order valence-corrected chi connectivity index (χ2v) is 6.31. The van der Waals surface area contributed by atoms with E-state index in [0.717, 1.165) is 16.8 Å². The smallest absolute Gasteiger partial charge is 0.245 e. The molecule has 1 aromatic rings. The van der Waals surface area contributed by atoms with Crippen LogP contribution < -0.4 is 17.0 Å². The van der Waals surface area contributed by atoms with E-state index >= 15 is 0 Å². The van der Waals surface area contributed by atoms with E-state index in [1.54, 1.807) is 21.3 Å². The number of hydrogen-bond donors (Lipinski definition) is 0. The van der Waals surface area contributed by atoms with Crippen molar-refractivity contribution in [3.8, 4) is 0 Å². The molecule has 7 heteroatoms. The van der Waals surface area contributed by atoms with Gasteiger partial charge in [-0.05, 0) is 13.3 Å². The Kier molecular flexibility index (Phi) is 7.98. The summed E-state index contributed by atoms with van der Waals surface area (Å²) >= 11 is 0. The van der Waals surface area contributed by atoms with Gasteiger partial charge in [0.2, 0.25) is 17.5 Å². The molecule has 1 atom stereocenters. The summed E-state index contributed by atoms with van der Waals surface area (Å²) in [7, 11) is 5.71. The van der Waals surface area contributed by atoms with E-state index in [2.05, 4.69) is 24.0 Å². The molecule has 0 aliphatic heterocycles. The van der Waals surface area contributed by atoms with Crippen molar-refractivity contribution in [2.75, 3.05) is 21.3 Å².